The summed E-state index contributed by atoms with van der Waals surface area (Å²) in [7, 11) is 3.21. The van der Waals surface area contributed by atoms with E-state index in [1.165, 1.54) is 0 Å². The van der Waals surface area contributed by atoms with Crippen molar-refractivity contribution in [2.24, 2.45) is 5.92 Å². The van der Waals surface area contributed by atoms with E-state index < -0.39 is 0 Å². The number of urea groups is 1. The summed E-state index contributed by atoms with van der Waals surface area (Å²) in [5, 5.41) is 14.8. The summed E-state index contributed by atoms with van der Waals surface area (Å²) in [6, 6.07) is 10.7. The van der Waals surface area contributed by atoms with Gasteiger partial charge in [0.2, 0.25) is 0 Å². The van der Waals surface area contributed by atoms with Gasteiger partial charge < -0.3 is 20.1 Å². The zero-order valence-electron chi connectivity index (χ0n) is 19.2. The Morgan fingerprint density at radius 1 is 1.09 bits per heavy atom. The lowest BCUT2D eigenvalue weighted by atomic mass is 9.95. The monoisotopic (exact) mass is 457 g/mol. The molecule has 0 saturated carbocycles. The number of fused-ring (bicyclic) bond motifs is 1. The van der Waals surface area contributed by atoms with Crippen LogP contribution in [0.3, 0.4) is 0 Å². The van der Waals surface area contributed by atoms with Crippen molar-refractivity contribution in [1.29, 1.82) is 0 Å². The Balaban J connectivity index is 1.80. The molecule has 0 aliphatic rings. The second-order valence-electron chi connectivity index (χ2n) is 7.78. The second-order valence-corrected chi connectivity index (χ2v) is 8.76. The number of nitrogens with one attached hydrogen (secondary N) is 2. The highest BCUT2D eigenvalue weighted by Crippen LogP contribution is 2.32. The smallest absolute Gasteiger partial charge is 0.315 e. The number of methoxy groups -OCH3 is 2. The van der Waals surface area contributed by atoms with Gasteiger partial charge in [-0.15, -0.1) is 10.2 Å². The number of hydrogen-bond donors (Lipinski definition) is 2. The van der Waals surface area contributed by atoms with Gasteiger partial charge in [-0.2, -0.15) is 11.8 Å². The van der Waals surface area contributed by atoms with E-state index in [0.717, 1.165) is 29.2 Å². The summed E-state index contributed by atoms with van der Waals surface area (Å²) in [4.78, 5) is 13.1. The van der Waals surface area contributed by atoms with Crippen LogP contribution >= 0.6 is 11.8 Å². The van der Waals surface area contributed by atoms with Crippen LogP contribution in [0.4, 0.5) is 4.79 Å². The highest BCUT2D eigenvalue weighted by atomic mass is 32.2. The number of nitrogens with zero attached hydrogens (tertiary/aromatic N) is 3. The molecule has 8 nitrogen and oxygen atoms in total. The average Bonchev–Trinajstić information content (AvgIpc) is 3.23. The van der Waals surface area contributed by atoms with E-state index in [2.05, 4.69) is 34.7 Å². The van der Waals surface area contributed by atoms with Gasteiger partial charge in [0, 0.05) is 6.20 Å². The van der Waals surface area contributed by atoms with E-state index in [-0.39, 0.29) is 24.0 Å². The van der Waals surface area contributed by atoms with Crippen LogP contribution in [-0.4, -0.2) is 46.9 Å². The number of carbonyl (C=O) groups excluding carboxylic acids is 1. The summed E-state index contributed by atoms with van der Waals surface area (Å²) >= 11 is 1.73. The fourth-order valence-corrected chi connectivity index (χ4v) is 4.09. The number of carbonyl (C=O) groups is 1. The van der Waals surface area contributed by atoms with Gasteiger partial charge >= 0.3 is 6.03 Å². The zero-order chi connectivity index (χ0) is 23.1. The lowest BCUT2D eigenvalue weighted by Crippen LogP contribution is -2.42. The molecular formula is C23H31N5O3S. The summed E-state index contributed by atoms with van der Waals surface area (Å²) < 4.78 is 12.7. The largest absolute Gasteiger partial charge is 0.493 e. The van der Waals surface area contributed by atoms with Crippen LogP contribution in [0.25, 0.3) is 5.65 Å². The lowest BCUT2D eigenvalue weighted by molar-refractivity contribution is 0.228. The summed E-state index contributed by atoms with van der Waals surface area (Å²) in [6.45, 7) is 4.14. The molecule has 0 radical (unpaired) electrons. The van der Waals surface area contributed by atoms with Crippen LogP contribution in [0.5, 0.6) is 11.5 Å². The van der Waals surface area contributed by atoms with Crippen LogP contribution in [0, 0.1) is 5.92 Å². The molecule has 2 atom stereocenters. The highest BCUT2D eigenvalue weighted by molar-refractivity contribution is 7.98. The van der Waals surface area contributed by atoms with Gasteiger partial charge in [0.05, 0.1) is 26.3 Å². The number of aromatic nitrogens is 3. The van der Waals surface area contributed by atoms with Crippen molar-refractivity contribution >= 4 is 23.4 Å². The van der Waals surface area contributed by atoms with Crippen molar-refractivity contribution < 1.29 is 14.3 Å². The van der Waals surface area contributed by atoms with Crippen LogP contribution in [0.2, 0.25) is 0 Å². The first-order valence-corrected chi connectivity index (χ1v) is 11.9. The first-order valence-electron chi connectivity index (χ1n) is 10.6. The van der Waals surface area contributed by atoms with Crippen molar-refractivity contribution in [3.05, 3.63) is 54.0 Å². The molecule has 2 aromatic heterocycles. The molecule has 32 heavy (non-hydrogen) atoms. The van der Waals surface area contributed by atoms with Gasteiger partial charge in [-0.1, -0.05) is 26.0 Å². The van der Waals surface area contributed by atoms with Gasteiger partial charge in [-0.05, 0) is 54.2 Å². The van der Waals surface area contributed by atoms with Gasteiger partial charge in [-0.25, -0.2) is 4.79 Å². The fourth-order valence-electron chi connectivity index (χ4n) is 3.62. The summed E-state index contributed by atoms with van der Waals surface area (Å²) in [5.74, 6) is 3.05. The van der Waals surface area contributed by atoms with Crippen LogP contribution < -0.4 is 20.1 Å². The maximum atomic E-state index is 13.1. The lowest BCUT2D eigenvalue weighted by Gasteiger charge is -2.25. The molecule has 2 amide bonds. The van der Waals surface area contributed by atoms with Crippen molar-refractivity contribution in [1.82, 2.24) is 25.2 Å². The number of thioether (sulfide) groups is 1. The van der Waals surface area contributed by atoms with Crippen molar-refractivity contribution in [2.45, 2.75) is 32.4 Å². The molecular weight excluding hydrogens is 426 g/mol. The van der Waals surface area contributed by atoms with Gasteiger partial charge in [0.15, 0.2) is 23.0 Å². The number of rotatable bonds is 10. The topological polar surface area (TPSA) is 89.8 Å². The van der Waals surface area contributed by atoms with Crippen LogP contribution in [0.15, 0.2) is 42.6 Å². The van der Waals surface area contributed by atoms with Crippen molar-refractivity contribution in [3.63, 3.8) is 0 Å². The maximum absolute atomic E-state index is 13.1. The Labute approximate surface area is 193 Å². The minimum atomic E-state index is -0.266. The number of amides is 2. The van der Waals surface area contributed by atoms with Crippen LogP contribution in [-0.2, 0) is 0 Å². The minimum absolute atomic E-state index is 0.164. The molecule has 1 aromatic carbocycles. The third-order valence-corrected chi connectivity index (χ3v) is 5.93. The predicted octanol–water partition coefficient (Wildman–Crippen LogP) is 4.24. The molecule has 1 unspecified atom stereocenters. The average molecular weight is 458 g/mol. The zero-order valence-corrected chi connectivity index (χ0v) is 20.0. The van der Waals surface area contributed by atoms with Gasteiger partial charge in [-0.3, -0.25) is 4.40 Å². The van der Waals surface area contributed by atoms with Crippen molar-refractivity contribution in [3.8, 4) is 11.5 Å². The maximum Gasteiger partial charge on any atom is 0.315 e. The normalized spacial score (nSPS) is 13.1. The Kier molecular flexibility index (Phi) is 8.21. The summed E-state index contributed by atoms with van der Waals surface area (Å²) in [5.41, 5.74) is 1.70. The standard InChI is InChI=1S/C23H31N5O3S/c1-15(2)21(16-9-10-18(30-3)19(14-16)31-4)25-23(29)24-17(11-13-32-5)22-27-26-20-8-6-7-12-28(20)22/h6-10,12,14-15,17,21H,11,13H2,1-5H3,(H2,24,25,29)/t17-,21?/m0/s1. The number of benzene rings is 1. The van der Waals surface area contributed by atoms with E-state index >= 15 is 0 Å². The molecule has 0 bridgehead atoms. The third kappa shape index (κ3) is 5.45. The van der Waals surface area contributed by atoms with E-state index in [0.29, 0.717) is 11.5 Å². The first-order chi connectivity index (χ1) is 15.5. The molecule has 2 heterocycles. The first kappa shape index (κ1) is 23.7. The molecule has 0 aliphatic heterocycles. The molecule has 3 aromatic rings. The Morgan fingerprint density at radius 3 is 2.56 bits per heavy atom. The van der Waals surface area contributed by atoms with E-state index in [1.54, 1.807) is 26.0 Å². The molecule has 0 spiro atoms. The molecule has 9 heteroatoms. The summed E-state index contributed by atoms with van der Waals surface area (Å²) in [6.07, 6.45) is 4.70. The minimum Gasteiger partial charge on any atom is -0.493 e. The van der Waals surface area contributed by atoms with Crippen LogP contribution in [0.1, 0.15) is 43.7 Å². The second kappa shape index (κ2) is 11.1. The molecule has 2 N–H and O–H groups in total. The molecule has 0 fully saturated rings. The molecule has 3 rings (SSSR count). The number of ether oxygens (including phenoxy) is 2. The predicted molar refractivity (Wildman–Crippen MR) is 128 cm³/mol. The molecule has 0 aliphatic carbocycles. The van der Waals surface area contributed by atoms with Gasteiger partial charge in [0.1, 0.15) is 0 Å². The van der Waals surface area contributed by atoms with E-state index in [1.807, 2.05) is 53.3 Å². The number of hydrogen-bond acceptors (Lipinski definition) is 6. The molecule has 172 valence electrons. The third-order valence-electron chi connectivity index (χ3n) is 5.29. The highest BCUT2D eigenvalue weighted by Gasteiger charge is 2.24. The van der Waals surface area contributed by atoms with E-state index in [4.69, 9.17) is 9.47 Å². The fraction of sp³-hybridized carbons (Fsp3) is 0.435. The SMILES string of the molecule is COc1ccc(C(NC(=O)N[C@@H](CCSC)c2nnc3ccccn23)C(C)C)cc1OC. The van der Waals surface area contributed by atoms with Gasteiger partial charge in [0.25, 0.3) is 0 Å². The molecule has 0 saturated heterocycles. The Bertz CT molecular complexity index is 1040. The Morgan fingerprint density at radius 2 is 1.88 bits per heavy atom. The Hall–Kier alpha value is -2.94. The van der Waals surface area contributed by atoms with Crippen molar-refractivity contribution in [2.75, 3.05) is 26.2 Å². The number of pyridine rings is 1. The van der Waals surface area contributed by atoms with E-state index in [9.17, 15) is 4.79 Å². The quantitative estimate of drug-likeness (QED) is 0.473.